The van der Waals surface area contributed by atoms with Gasteiger partial charge < -0.3 is 10.3 Å². The summed E-state index contributed by atoms with van der Waals surface area (Å²) in [6.45, 7) is 0.102. The third kappa shape index (κ3) is 3.62. The highest BCUT2D eigenvalue weighted by Crippen LogP contribution is 2.41. The zero-order chi connectivity index (χ0) is 22.4. The van der Waals surface area contributed by atoms with E-state index >= 15 is 0 Å². The number of Topliss-reactive ketones (excluding diaryl/α,β-unsaturated/α-hetero) is 1. The van der Waals surface area contributed by atoms with Crippen molar-refractivity contribution in [3.63, 3.8) is 0 Å². The molecule has 11 heteroatoms. The predicted molar refractivity (Wildman–Crippen MR) is 104 cm³/mol. The van der Waals surface area contributed by atoms with E-state index in [1.807, 2.05) is 0 Å². The largest absolute Gasteiger partial charge is 0.406 e. The predicted octanol–water partition coefficient (Wildman–Crippen LogP) is 3.58. The van der Waals surface area contributed by atoms with Crippen LogP contribution in [0.25, 0.3) is 0 Å². The number of halogens is 5. The fourth-order valence-corrected chi connectivity index (χ4v) is 3.73. The maximum absolute atomic E-state index is 13.8. The van der Waals surface area contributed by atoms with Crippen molar-refractivity contribution in [2.75, 3.05) is 7.05 Å². The van der Waals surface area contributed by atoms with Crippen LogP contribution in [0.5, 0.6) is 0 Å². The Morgan fingerprint density at radius 2 is 1.93 bits per heavy atom. The van der Waals surface area contributed by atoms with Gasteiger partial charge in [0.2, 0.25) is 0 Å². The molecule has 2 aromatic rings. The Bertz CT molecular complexity index is 1060. The lowest BCUT2D eigenvalue weighted by atomic mass is 9.84. The molecule has 2 N–H and O–H groups in total. The van der Waals surface area contributed by atoms with Gasteiger partial charge in [-0.15, -0.1) is 0 Å². The number of nitrogens with zero attached hydrogens (tertiary/aromatic N) is 3. The van der Waals surface area contributed by atoms with Crippen LogP contribution >= 0.6 is 15.9 Å². The number of aliphatic imine (C=N–C) groups is 1. The fraction of sp³-hybridized carbons (Fsp3) is 0.316. The van der Waals surface area contributed by atoms with E-state index in [0.717, 1.165) is 21.7 Å². The molecule has 1 unspecified atom stereocenters. The number of rotatable bonds is 5. The third-order valence-corrected chi connectivity index (χ3v) is 5.46. The number of carbonyl (C=O) groups is 2. The van der Waals surface area contributed by atoms with Crippen molar-refractivity contribution in [2.24, 2.45) is 10.7 Å². The second kappa shape index (κ2) is 7.53. The minimum atomic E-state index is -4.59. The Morgan fingerprint density at radius 1 is 1.27 bits per heavy atom. The quantitative estimate of drug-likeness (QED) is 0.515. The zero-order valence-corrected chi connectivity index (χ0v) is 17.5. The lowest BCUT2D eigenvalue weighted by molar-refractivity contribution is -0.140. The van der Waals surface area contributed by atoms with E-state index in [4.69, 9.17) is 5.73 Å². The van der Waals surface area contributed by atoms with Crippen molar-refractivity contribution in [2.45, 2.75) is 31.6 Å². The van der Waals surface area contributed by atoms with Crippen molar-refractivity contribution in [3.05, 3.63) is 57.6 Å². The Labute approximate surface area is 177 Å². The molecule has 0 saturated carbocycles. The normalized spacial score (nSPS) is 19.4. The molecule has 160 valence electrons. The molecule has 0 saturated heterocycles. The molecule has 0 spiro atoms. The van der Waals surface area contributed by atoms with Gasteiger partial charge in [-0.25, -0.2) is 9.38 Å². The number of guanidine groups is 1. The van der Waals surface area contributed by atoms with E-state index in [1.165, 1.54) is 32.2 Å². The Balaban J connectivity index is 2.29. The number of ketones is 1. The van der Waals surface area contributed by atoms with E-state index in [-0.39, 0.29) is 33.7 Å². The maximum atomic E-state index is 13.8. The second-order valence-electron chi connectivity index (χ2n) is 6.81. The smallest absolute Gasteiger partial charge is 0.369 e. The monoisotopic (exact) mass is 488 g/mol. The zero-order valence-electron chi connectivity index (χ0n) is 15.9. The van der Waals surface area contributed by atoms with Crippen LogP contribution in [-0.4, -0.2) is 40.3 Å². The van der Waals surface area contributed by atoms with Gasteiger partial charge in [0.15, 0.2) is 17.3 Å². The summed E-state index contributed by atoms with van der Waals surface area (Å²) in [5.74, 6) is -1.93. The third-order valence-electron chi connectivity index (χ3n) is 4.85. The molecular formula is C19H17BrF4N4O2. The van der Waals surface area contributed by atoms with Gasteiger partial charge in [-0.2, -0.15) is 13.2 Å². The molecule has 1 atom stereocenters. The number of carbonyl (C=O) groups excluding carboxylic acids is 2. The number of aromatic nitrogens is 1. The van der Waals surface area contributed by atoms with Crippen LogP contribution in [0.2, 0.25) is 0 Å². The summed E-state index contributed by atoms with van der Waals surface area (Å²) in [5, 5.41) is 0. The van der Waals surface area contributed by atoms with Gasteiger partial charge in [0.1, 0.15) is 12.4 Å². The number of amides is 1. The minimum Gasteiger partial charge on any atom is -0.369 e. The first-order chi connectivity index (χ1) is 13.9. The first-order valence-electron chi connectivity index (χ1n) is 8.80. The summed E-state index contributed by atoms with van der Waals surface area (Å²) in [6, 6.07) is 4.92. The standard InChI is InChI=1S/C19H17BrF4N4O2/c1-3-15(29)14-7-11(8-28(14)9-18(22,23)24)19(16(30)27(2)17(25)26-19)10-4-5-13(21)12(20)6-10/h4-8H,3,9H2,1-2H3,(H2,25,26). The van der Waals surface area contributed by atoms with Gasteiger partial charge in [0.25, 0.3) is 5.91 Å². The second-order valence-corrected chi connectivity index (χ2v) is 7.66. The molecule has 1 aromatic carbocycles. The SMILES string of the molecule is CCC(=O)c1cc(C2(c3ccc(F)c(Br)c3)N=C(N)N(C)C2=O)cn1CC(F)(F)F. The van der Waals surface area contributed by atoms with Gasteiger partial charge in [0.05, 0.1) is 10.2 Å². The Kier molecular flexibility index (Phi) is 5.52. The lowest BCUT2D eigenvalue weighted by Crippen LogP contribution is -2.41. The topological polar surface area (TPSA) is 80.7 Å². The molecule has 1 amide bonds. The molecule has 3 rings (SSSR count). The molecule has 0 aliphatic carbocycles. The highest BCUT2D eigenvalue weighted by atomic mass is 79.9. The molecular weight excluding hydrogens is 472 g/mol. The van der Waals surface area contributed by atoms with Crippen LogP contribution in [0.4, 0.5) is 17.6 Å². The van der Waals surface area contributed by atoms with Crippen molar-refractivity contribution >= 4 is 33.6 Å². The van der Waals surface area contributed by atoms with Gasteiger partial charge in [0, 0.05) is 25.2 Å². The molecule has 0 bridgehead atoms. The first-order valence-corrected chi connectivity index (χ1v) is 9.59. The van der Waals surface area contributed by atoms with Crippen LogP contribution in [0.1, 0.15) is 35.0 Å². The van der Waals surface area contributed by atoms with Crippen LogP contribution in [0.3, 0.4) is 0 Å². The number of likely N-dealkylation sites (N-methyl/N-ethyl adjacent to an activating group) is 1. The van der Waals surface area contributed by atoms with Crippen LogP contribution in [0, 0.1) is 5.82 Å². The highest BCUT2D eigenvalue weighted by molar-refractivity contribution is 9.10. The number of alkyl halides is 3. The first kappa shape index (κ1) is 22.0. The number of hydrogen-bond acceptors (Lipinski definition) is 4. The van der Waals surface area contributed by atoms with E-state index in [0.29, 0.717) is 0 Å². The summed E-state index contributed by atoms with van der Waals surface area (Å²) in [6.07, 6.45) is -3.55. The van der Waals surface area contributed by atoms with E-state index in [2.05, 4.69) is 20.9 Å². The number of hydrogen-bond donors (Lipinski definition) is 1. The molecule has 2 heterocycles. The lowest BCUT2D eigenvalue weighted by Gasteiger charge is -2.25. The summed E-state index contributed by atoms with van der Waals surface area (Å²) < 4.78 is 53.8. The maximum Gasteiger partial charge on any atom is 0.406 e. The van der Waals surface area contributed by atoms with Crippen molar-refractivity contribution < 1.29 is 27.2 Å². The summed E-state index contributed by atoms with van der Waals surface area (Å²) in [4.78, 5) is 30.8. The van der Waals surface area contributed by atoms with Crippen molar-refractivity contribution in [3.8, 4) is 0 Å². The van der Waals surface area contributed by atoms with Crippen molar-refractivity contribution in [1.29, 1.82) is 0 Å². The molecule has 1 aliphatic heterocycles. The van der Waals surface area contributed by atoms with Crippen LogP contribution in [0.15, 0.2) is 39.9 Å². The minimum absolute atomic E-state index is 0.0272. The molecule has 1 aromatic heterocycles. The Hall–Kier alpha value is -2.69. The molecule has 1 aliphatic rings. The molecule has 6 nitrogen and oxygen atoms in total. The molecule has 30 heavy (non-hydrogen) atoms. The summed E-state index contributed by atoms with van der Waals surface area (Å²) in [7, 11) is 1.37. The van der Waals surface area contributed by atoms with Gasteiger partial charge in [-0.3, -0.25) is 14.5 Å². The van der Waals surface area contributed by atoms with Crippen LogP contribution < -0.4 is 5.73 Å². The summed E-state index contributed by atoms with van der Waals surface area (Å²) in [5.41, 5.74) is 3.99. The number of benzene rings is 1. The molecule has 0 fully saturated rings. The molecule has 0 radical (unpaired) electrons. The van der Waals surface area contributed by atoms with E-state index in [9.17, 15) is 27.2 Å². The Morgan fingerprint density at radius 3 is 2.43 bits per heavy atom. The van der Waals surface area contributed by atoms with Gasteiger partial charge in [-0.1, -0.05) is 13.0 Å². The highest BCUT2D eigenvalue weighted by Gasteiger charge is 2.51. The van der Waals surface area contributed by atoms with Crippen molar-refractivity contribution in [1.82, 2.24) is 9.47 Å². The van der Waals surface area contributed by atoms with Gasteiger partial charge in [-0.05, 0) is 39.7 Å². The fourth-order valence-electron chi connectivity index (χ4n) is 3.35. The number of nitrogens with two attached hydrogens (primary N) is 1. The average molecular weight is 489 g/mol. The van der Waals surface area contributed by atoms with E-state index < -0.39 is 35.8 Å². The van der Waals surface area contributed by atoms with Crippen LogP contribution in [-0.2, 0) is 16.9 Å². The average Bonchev–Trinajstić information content (AvgIpc) is 3.17. The van der Waals surface area contributed by atoms with E-state index in [1.54, 1.807) is 0 Å². The van der Waals surface area contributed by atoms with Gasteiger partial charge >= 0.3 is 6.18 Å². The summed E-state index contributed by atoms with van der Waals surface area (Å²) >= 11 is 3.05.